The predicted molar refractivity (Wildman–Crippen MR) is 67.9 cm³/mol. The van der Waals surface area contributed by atoms with Gasteiger partial charge in [0.05, 0.1) is 7.11 Å². The summed E-state index contributed by atoms with van der Waals surface area (Å²) in [4.78, 5) is 20.0. The number of alkyl halides is 3. The lowest BCUT2D eigenvalue weighted by Gasteiger charge is -2.34. The Bertz CT molecular complexity index is 484. The van der Waals surface area contributed by atoms with E-state index in [0.29, 0.717) is 13.1 Å². The number of likely N-dealkylation sites (tertiary alicyclic amines) is 1. The minimum Gasteiger partial charge on any atom is -0.465 e. The average Bonchev–Trinajstić information content (AvgIpc) is 2.45. The molecule has 21 heavy (non-hydrogen) atoms. The largest absolute Gasteiger partial charge is 0.465 e. The summed E-state index contributed by atoms with van der Waals surface area (Å²) in [6, 6.07) is -0.232. The maximum atomic E-state index is 13.4. The van der Waals surface area contributed by atoms with E-state index in [0.717, 1.165) is 26.4 Å². The zero-order valence-electron chi connectivity index (χ0n) is 11.7. The van der Waals surface area contributed by atoms with E-state index in [4.69, 9.17) is 4.74 Å². The number of halogens is 3. The standard InChI is InChI=1S/C12H16F3N3O3/c1-8-16-11(9(19)20-2,12(13,14)15)17-10(21-8)18-6-4-3-5-7-18/h3-7H2,1-2H3. The number of rotatable bonds is 1. The van der Waals surface area contributed by atoms with Gasteiger partial charge in [-0.25, -0.2) is 9.79 Å². The lowest BCUT2D eigenvalue weighted by molar-refractivity contribution is -0.202. The second-order valence-corrected chi connectivity index (χ2v) is 4.84. The normalized spacial score (nSPS) is 26.6. The highest BCUT2D eigenvalue weighted by molar-refractivity contribution is 5.97. The van der Waals surface area contributed by atoms with Crippen LogP contribution in [0.25, 0.3) is 0 Å². The molecule has 0 aliphatic carbocycles. The van der Waals surface area contributed by atoms with Crippen molar-refractivity contribution >= 4 is 17.9 Å². The fraction of sp³-hybridized carbons (Fsp3) is 0.750. The summed E-state index contributed by atoms with van der Waals surface area (Å²) < 4.78 is 49.5. The first kappa shape index (κ1) is 15.6. The third kappa shape index (κ3) is 2.81. The highest BCUT2D eigenvalue weighted by Gasteiger charge is 2.65. The van der Waals surface area contributed by atoms with Crippen molar-refractivity contribution in [2.75, 3.05) is 20.2 Å². The molecule has 0 radical (unpaired) electrons. The van der Waals surface area contributed by atoms with Crippen molar-refractivity contribution in [3.63, 3.8) is 0 Å². The van der Waals surface area contributed by atoms with Gasteiger partial charge in [-0.1, -0.05) is 0 Å². The van der Waals surface area contributed by atoms with Gasteiger partial charge in [0.25, 0.3) is 6.02 Å². The number of hydrogen-bond acceptors (Lipinski definition) is 6. The van der Waals surface area contributed by atoms with Gasteiger partial charge >= 0.3 is 17.8 Å². The van der Waals surface area contributed by atoms with Crippen LogP contribution < -0.4 is 0 Å². The van der Waals surface area contributed by atoms with Crippen molar-refractivity contribution in [2.24, 2.45) is 9.98 Å². The number of carbonyl (C=O) groups excluding carboxylic acids is 1. The molecule has 0 N–H and O–H groups in total. The lowest BCUT2D eigenvalue weighted by atomic mass is 10.1. The Morgan fingerprint density at radius 1 is 1.29 bits per heavy atom. The molecule has 1 saturated heterocycles. The van der Waals surface area contributed by atoms with Gasteiger partial charge in [-0.3, -0.25) is 0 Å². The Morgan fingerprint density at radius 3 is 2.43 bits per heavy atom. The molecular formula is C12H16F3N3O3. The van der Waals surface area contributed by atoms with Gasteiger partial charge in [-0.15, -0.1) is 0 Å². The molecule has 2 rings (SSSR count). The Labute approximate surface area is 119 Å². The zero-order chi connectivity index (χ0) is 15.7. The number of esters is 1. The molecule has 0 aromatic carbocycles. The molecular weight excluding hydrogens is 291 g/mol. The number of methoxy groups -OCH3 is 1. The van der Waals surface area contributed by atoms with E-state index < -0.39 is 17.8 Å². The molecule has 1 fully saturated rings. The van der Waals surface area contributed by atoms with Crippen LogP contribution in [0.5, 0.6) is 0 Å². The lowest BCUT2D eigenvalue weighted by Crippen LogP contribution is -2.55. The Kier molecular flexibility index (Phi) is 4.11. The molecule has 0 aromatic rings. The molecule has 0 saturated carbocycles. The van der Waals surface area contributed by atoms with Crippen LogP contribution in [-0.4, -0.2) is 54.8 Å². The monoisotopic (exact) mass is 307 g/mol. The van der Waals surface area contributed by atoms with Gasteiger partial charge in [0.1, 0.15) is 0 Å². The number of nitrogens with zero attached hydrogens (tertiary/aromatic N) is 3. The van der Waals surface area contributed by atoms with Crippen molar-refractivity contribution in [1.29, 1.82) is 0 Å². The Hall–Kier alpha value is -1.80. The minimum atomic E-state index is -5.01. The maximum absolute atomic E-state index is 13.4. The SMILES string of the molecule is COC(=O)C1(C(F)(F)F)N=C(C)OC(N2CCCCC2)=N1. The number of ether oxygens (including phenoxy) is 2. The van der Waals surface area contributed by atoms with Gasteiger partial charge in [0, 0.05) is 20.0 Å². The van der Waals surface area contributed by atoms with Crippen LogP contribution in [0.2, 0.25) is 0 Å². The fourth-order valence-electron chi connectivity index (χ4n) is 2.27. The second kappa shape index (κ2) is 5.53. The fourth-order valence-corrected chi connectivity index (χ4v) is 2.27. The summed E-state index contributed by atoms with van der Waals surface area (Å²) in [6.45, 7) is 2.31. The van der Waals surface area contributed by atoms with Crippen LogP contribution in [-0.2, 0) is 14.3 Å². The number of hydrogen-bond donors (Lipinski definition) is 0. The topological polar surface area (TPSA) is 63.5 Å². The third-order valence-electron chi connectivity index (χ3n) is 3.31. The van der Waals surface area contributed by atoms with Gasteiger partial charge < -0.3 is 14.4 Å². The predicted octanol–water partition coefficient (Wildman–Crippen LogP) is 1.71. The van der Waals surface area contributed by atoms with Crippen molar-refractivity contribution in [3.05, 3.63) is 0 Å². The zero-order valence-corrected chi connectivity index (χ0v) is 11.7. The highest BCUT2D eigenvalue weighted by Crippen LogP contribution is 2.38. The summed E-state index contributed by atoms with van der Waals surface area (Å²) in [7, 11) is 0.867. The molecule has 9 heteroatoms. The number of amidine groups is 1. The number of aliphatic imine (C=N–C) groups is 2. The van der Waals surface area contributed by atoms with E-state index in [-0.39, 0.29) is 11.9 Å². The van der Waals surface area contributed by atoms with Crippen LogP contribution in [0.3, 0.4) is 0 Å². The van der Waals surface area contributed by atoms with Crippen LogP contribution in [0, 0.1) is 0 Å². The Morgan fingerprint density at radius 2 is 1.90 bits per heavy atom. The molecule has 2 heterocycles. The number of piperidine rings is 1. The van der Waals surface area contributed by atoms with Gasteiger partial charge in [-0.2, -0.15) is 18.2 Å². The molecule has 6 nitrogen and oxygen atoms in total. The van der Waals surface area contributed by atoms with Crippen LogP contribution >= 0.6 is 0 Å². The molecule has 0 spiro atoms. The summed E-state index contributed by atoms with van der Waals surface area (Å²) >= 11 is 0. The van der Waals surface area contributed by atoms with Crippen LogP contribution in [0.15, 0.2) is 9.98 Å². The van der Waals surface area contributed by atoms with E-state index in [1.165, 1.54) is 6.92 Å². The van der Waals surface area contributed by atoms with E-state index >= 15 is 0 Å². The molecule has 118 valence electrons. The van der Waals surface area contributed by atoms with E-state index in [1.54, 1.807) is 4.90 Å². The molecule has 1 unspecified atom stereocenters. The Balaban J connectivity index is 2.44. The molecule has 1 atom stereocenters. The molecule has 2 aliphatic rings. The first-order chi connectivity index (χ1) is 9.80. The van der Waals surface area contributed by atoms with Gasteiger partial charge in [0.2, 0.25) is 0 Å². The quantitative estimate of drug-likeness (QED) is 0.692. The van der Waals surface area contributed by atoms with E-state index in [2.05, 4.69) is 14.7 Å². The van der Waals surface area contributed by atoms with Crippen molar-refractivity contribution in [2.45, 2.75) is 38.0 Å². The van der Waals surface area contributed by atoms with Crippen molar-refractivity contribution in [3.8, 4) is 0 Å². The van der Waals surface area contributed by atoms with Gasteiger partial charge in [0.15, 0.2) is 5.90 Å². The highest BCUT2D eigenvalue weighted by atomic mass is 19.4. The first-order valence-corrected chi connectivity index (χ1v) is 6.54. The van der Waals surface area contributed by atoms with E-state index in [9.17, 15) is 18.0 Å². The molecule has 0 aromatic heterocycles. The maximum Gasteiger partial charge on any atom is 0.446 e. The van der Waals surface area contributed by atoms with Gasteiger partial charge in [-0.05, 0) is 19.3 Å². The third-order valence-corrected chi connectivity index (χ3v) is 3.31. The van der Waals surface area contributed by atoms with Crippen LogP contribution in [0.4, 0.5) is 13.2 Å². The summed E-state index contributed by atoms with van der Waals surface area (Å²) in [5, 5.41) is 0. The summed E-state index contributed by atoms with van der Waals surface area (Å²) in [6.07, 6.45) is -2.35. The van der Waals surface area contributed by atoms with E-state index in [1.807, 2.05) is 0 Å². The molecule has 2 aliphatic heterocycles. The minimum absolute atomic E-state index is 0.232. The second-order valence-electron chi connectivity index (χ2n) is 4.84. The average molecular weight is 307 g/mol. The summed E-state index contributed by atoms with van der Waals surface area (Å²) in [5.74, 6) is -1.85. The smallest absolute Gasteiger partial charge is 0.446 e. The first-order valence-electron chi connectivity index (χ1n) is 6.54. The molecule has 0 bridgehead atoms. The van der Waals surface area contributed by atoms with Crippen LogP contribution in [0.1, 0.15) is 26.2 Å². The number of carbonyl (C=O) groups is 1. The summed E-state index contributed by atoms with van der Waals surface area (Å²) in [5.41, 5.74) is -3.28. The van der Waals surface area contributed by atoms with Crippen molar-refractivity contribution in [1.82, 2.24) is 4.90 Å². The van der Waals surface area contributed by atoms with Crippen molar-refractivity contribution < 1.29 is 27.4 Å². The molecule has 0 amide bonds.